The minimum absolute atomic E-state index is 0.000598. The molecule has 3 nitrogen and oxygen atoms in total. The Kier molecular flexibility index (Phi) is 5.16. The fourth-order valence-corrected chi connectivity index (χ4v) is 3.30. The Hall–Kier alpha value is -1.21. The van der Waals surface area contributed by atoms with Gasteiger partial charge in [-0.15, -0.1) is 0 Å². The number of benzene rings is 1. The van der Waals surface area contributed by atoms with E-state index in [-0.39, 0.29) is 40.1 Å². The number of hydrogen-bond acceptors (Lipinski definition) is 3. The van der Waals surface area contributed by atoms with Gasteiger partial charge in [-0.1, -0.05) is 18.6 Å². The normalized spacial score (nSPS) is 22.3. The van der Waals surface area contributed by atoms with Crippen LogP contribution in [0.3, 0.4) is 0 Å². The van der Waals surface area contributed by atoms with Gasteiger partial charge in [0, 0.05) is 10.8 Å². The molecular formula is C14H17F3N2OS. The second-order valence-corrected chi connectivity index (χ2v) is 6.17. The number of carbonyl (C=O) groups excluding carboxylic acids is 1. The van der Waals surface area contributed by atoms with E-state index in [1.807, 2.05) is 0 Å². The van der Waals surface area contributed by atoms with Crippen LogP contribution in [0.5, 0.6) is 0 Å². The summed E-state index contributed by atoms with van der Waals surface area (Å²) in [7, 11) is 0. The summed E-state index contributed by atoms with van der Waals surface area (Å²) in [6.45, 7) is 0.428. The smallest absolute Gasteiger partial charge is 0.330 e. The van der Waals surface area contributed by atoms with E-state index in [2.05, 4.69) is 5.32 Å². The van der Waals surface area contributed by atoms with Crippen LogP contribution in [-0.4, -0.2) is 18.0 Å². The molecule has 1 aromatic rings. The monoisotopic (exact) mass is 318 g/mol. The summed E-state index contributed by atoms with van der Waals surface area (Å²) in [4.78, 5) is 12.2. The number of nitrogens with one attached hydrogen (secondary N) is 1. The van der Waals surface area contributed by atoms with Crippen molar-refractivity contribution in [2.75, 3.05) is 11.9 Å². The van der Waals surface area contributed by atoms with E-state index < -0.39 is 5.51 Å². The zero-order valence-corrected chi connectivity index (χ0v) is 12.1. The van der Waals surface area contributed by atoms with Crippen LogP contribution < -0.4 is 11.1 Å². The summed E-state index contributed by atoms with van der Waals surface area (Å²) < 4.78 is 37.5. The Morgan fingerprint density at radius 2 is 2.05 bits per heavy atom. The van der Waals surface area contributed by atoms with Crippen molar-refractivity contribution in [3.05, 3.63) is 24.3 Å². The van der Waals surface area contributed by atoms with Crippen LogP contribution in [-0.2, 0) is 4.79 Å². The van der Waals surface area contributed by atoms with Crippen LogP contribution in [0.15, 0.2) is 29.2 Å². The number of carbonyl (C=O) groups is 1. The van der Waals surface area contributed by atoms with Gasteiger partial charge in [0.2, 0.25) is 5.91 Å². The van der Waals surface area contributed by atoms with Crippen LogP contribution in [0.25, 0.3) is 0 Å². The topological polar surface area (TPSA) is 55.1 Å². The van der Waals surface area contributed by atoms with E-state index in [1.54, 1.807) is 6.07 Å². The third kappa shape index (κ3) is 4.38. The van der Waals surface area contributed by atoms with E-state index in [1.165, 1.54) is 18.2 Å². The highest BCUT2D eigenvalue weighted by molar-refractivity contribution is 8.00. The summed E-state index contributed by atoms with van der Waals surface area (Å²) in [5, 5.41) is 2.62. The van der Waals surface area contributed by atoms with Gasteiger partial charge in [-0.05, 0) is 49.2 Å². The Balaban J connectivity index is 2.10. The van der Waals surface area contributed by atoms with Crippen LogP contribution in [0.2, 0.25) is 0 Å². The number of halogens is 3. The predicted octanol–water partition coefficient (Wildman–Crippen LogP) is 3.61. The SMILES string of the molecule is NCC1CCCC1C(=O)Nc1ccccc1SC(F)(F)F. The van der Waals surface area contributed by atoms with Gasteiger partial charge >= 0.3 is 5.51 Å². The van der Waals surface area contributed by atoms with Crippen molar-refractivity contribution in [3.63, 3.8) is 0 Å². The molecule has 1 aliphatic carbocycles. The predicted molar refractivity (Wildman–Crippen MR) is 76.9 cm³/mol. The van der Waals surface area contributed by atoms with Crippen LogP contribution >= 0.6 is 11.8 Å². The molecule has 0 bridgehead atoms. The Bertz CT molecular complexity index is 507. The number of nitrogens with two attached hydrogens (primary N) is 1. The van der Waals surface area contributed by atoms with Gasteiger partial charge in [-0.3, -0.25) is 4.79 Å². The lowest BCUT2D eigenvalue weighted by molar-refractivity contribution is -0.120. The van der Waals surface area contributed by atoms with E-state index in [0.29, 0.717) is 6.54 Å². The van der Waals surface area contributed by atoms with Gasteiger partial charge in [0.25, 0.3) is 0 Å². The van der Waals surface area contributed by atoms with E-state index >= 15 is 0 Å². The molecule has 2 atom stereocenters. The highest BCUT2D eigenvalue weighted by Crippen LogP contribution is 2.41. The lowest BCUT2D eigenvalue weighted by atomic mass is 9.95. The zero-order valence-electron chi connectivity index (χ0n) is 11.3. The first-order valence-electron chi connectivity index (χ1n) is 6.76. The Morgan fingerprint density at radius 3 is 2.71 bits per heavy atom. The van der Waals surface area contributed by atoms with Gasteiger partial charge in [0.05, 0.1) is 5.69 Å². The maximum Gasteiger partial charge on any atom is 0.446 e. The molecule has 1 saturated carbocycles. The van der Waals surface area contributed by atoms with E-state index in [4.69, 9.17) is 5.73 Å². The molecule has 2 rings (SSSR count). The number of hydrogen-bond donors (Lipinski definition) is 2. The number of para-hydroxylation sites is 1. The molecule has 3 N–H and O–H groups in total. The number of amides is 1. The van der Waals surface area contributed by atoms with Crippen LogP contribution in [0, 0.1) is 11.8 Å². The van der Waals surface area contributed by atoms with Crippen molar-refractivity contribution < 1.29 is 18.0 Å². The molecule has 0 saturated heterocycles. The van der Waals surface area contributed by atoms with Gasteiger partial charge in [-0.25, -0.2) is 0 Å². The molecule has 1 fully saturated rings. The maximum atomic E-state index is 12.5. The maximum absolute atomic E-state index is 12.5. The molecule has 0 heterocycles. The zero-order chi connectivity index (χ0) is 15.5. The van der Waals surface area contributed by atoms with Crippen molar-refractivity contribution in [2.45, 2.75) is 29.7 Å². The van der Waals surface area contributed by atoms with Gasteiger partial charge in [0.15, 0.2) is 0 Å². The summed E-state index contributed by atoms with van der Waals surface area (Å²) in [6, 6.07) is 5.95. The minimum Gasteiger partial charge on any atom is -0.330 e. The third-order valence-electron chi connectivity index (χ3n) is 3.67. The number of rotatable bonds is 4. The lowest BCUT2D eigenvalue weighted by Gasteiger charge is -2.19. The summed E-state index contributed by atoms with van der Waals surface area (Å²) in [6.07, 6.45) is 2.56. The van der Waals surface area contributed by atoms with Crippen molar-refractivity contribution in [1.29, 1.82) is 0 Å². The standard InChI is InChI=1S/C14H17F3N2OS/c15-14(16,17)21-12-7-2-1-6-11(12)19-13(20)10-5-3-4-9(10)8-18/h1-2,6-7,9-10H,3-5,8,18H2,(H,19,20). The molecule has 1 aromatic carbocycles. The Morgan fingerprint density at radius 1 is 1.33 bits per heavy atom. The van der Waals surface area contributed by atoms with E-state index in [0.717, 1.165) is 19.3 Å². The van der Waals surface area contributed by atoms with Crippen molar-refractivity contribution in [2.24, 2.45) is 17.6 Å². The second kappa shape index (κ2) is 6.70. The second-order valence-electron chi connectivity index (χ2n) is 5.07. The molecule has 2 unspecified atom stereocenters. The number of thioether (sulfide) groups is 1. The number of anilines is 1. The van der Waals surface area contributed by atoms with Crippen LogP contribution in [0.4, 0.5) is 18.9 Å². The van der Waals surface area contributed by atoms with Gasteiger partial charge in [-0.2, -0.15) is 13.2 Å². The molecule has 21 heavy (non-hydrogen) atoms. The molecule has 0 aliphatic heterocycles. The molecule has 1 aliphatic rings. The van der Waals surface area contributed by atoms with Crippen LogP contribution in [0.1, 0.15) is 19.3 Å². The molecule has 1 amide bonds. The molecule has 0 spiro atoms. The molecule has 0 radical (unpaired) electrons. The fourth-order valence-electron chi connectivity index (χ4n) is 2.67. The molecular weight excluding hydrogens is 301 g/mol. The molecule has 7 heteroatoms. The van der Waals surface area contributed by atoms with Gasteiger partial charge in [0.1, 0.15) is 0 Å². The first kappa shape index (κ1) is 16.2. The highest BCUT2D eigenvalue weighted by Gasteiger charge is 2.33. The first-order valence-corrected chi connectivity index (χ1v) is 7.58. The van der Waals surface area contributed by atoms with Crippen molar-refractivity contribution in [1.82, 2.24) is 0 Å². The van der Waals surface area contributed by atoms with E-state index in [9.17, 15) is 18.0 Å². The largest absolute Gasteiger partial charge is 0.446 e. The molecule has 116 valence electrons. The fraction of sp³-hybridized carbons (Fsp3) is 0.500. The Labute approximate surface area is 125 Å². The quantitative estimate of drug-likeness (QED) is 0.834. The van der Waals surface area contributed by atoms with Gasteiger partial charge < -0.3 is 11.1 Å². The minimum atomic E-state index is -4.38. The average molecular weight is 318 g/mol. The summed E-state index contributed by atoms with van der Waals surface area (Å²) in [5.41, 5.74) is 1.46. The highest BCUT2D eigenvalue weighted by atomic mass is 32.2. The lowest BCUT2D eigenvalue weighted by Crippen LogP contribution is -2.29. The third-order valence-corrected chi connectivity index (χ3v) is 4.48. The van der Waals surface area contributed by atoms with Crippen molar-refractivity contribution in [3.8, 4) is 0 Å². The number of alkyl halides is 3. The summed E-state index contributed by atoms with van der Waals surface area (Å²) >= 11 is -0.221. The van der Waals surface area contributed by atoms with Crippen molar-refractivity contribution >= 4 is 23.4 Å². The average Bonchev–Trinajstić information content (AvgIpc) is 2.87. The first-order chi connectivity index (χ1) is 9.90. The molecule has 0 aromatic heterocycles. The summed E-state index contributed by atoms with van der Waals surface area (Å²) in [5.74, 6) is -0.329.